The van der Waals surface area contributed by atoms with Crippen molar-refractivity contribution < 1.29 is 9.84 Å². The fourth-order valence-corrected chi connectivity index (χ4v) is 3.35. The normalized spacial score (nSPS) is 32.4. The second-order valence-electron chi connectivity index (χ2n) is 6.34. The van der Waals surface area contributed by atoms with Crippen LogP contribution in [0.5, 0.6) is 0 Å². The fourth-order valence-electron chi connectivity index (χ4n) is 3.35. The molecule has 2 N–H and O–H groups in total. The van der Waals surface area contributed by atoms with Crippen LogP contribution < -0.4 is 5.32 Å². The number of hydrogen-bond acceptors (Lipinski definition) is 4. The molecule has 0 aromatic carbocycles. The average molecular weight is 270 g/mol. The van der Waals surface area contributed by atoms with Gasteiger partial charge in [-0.1, -0.05) is 13.8 Å². The van der Waals surface area contributed by atoms with Crippen LogP contribution in [-0.2, 0) is 4.74 Å². The lowest BCUT2D eigenvalue weighted by atomic mass is 9.94. The van der Waals surface area contributed by atoms with Gasteiger partial charge in [0.05, 0.1) is 12.7 Å². The zero-order valence-electron chi connectivity index (χ0n) is 12.5. The van der Waals surface area contributed by atoms with E-state index in [1.54, 1.807) is 0 Å². The van der Waals surface area contributed by atoms with E-state index in [2.05, 4.69) is 24.1 Å². The van der Waals surface area contributed by atoms with Crippen molar-refractivity contribution in [2.24, 2.45) is 5.92 Å². The van der Waals surface area contributed by atoms with Gasteiger partial charge in [-0.25, -0.2) is 0 Å². The van der Waals surface area contributed by atoms with Crippen LogP contribution in [0.3, 0.4) is 0 Å². The number of aliphatic hydroxyl groups excluding tert-OH is 1. The summed E-state index contributed by atoms with van der Waals surface area (Å²) in [6, 6.07) is 1.20. The van der Waals surface area contributed by atoms with Gasteiger partial charge in [-0.15, -0.1) is 0 Å². The predicted molar refractivity (Wildman–Crippen MR) is 77.3 cm³/mol. The Hall–Kier alpha value is -0.160. The van der Waals surface area contributed by atoms with Gasteiger partial charge in [-0.3, -0.25) is 4.90 Å². The van der Waals surface area contributed by atoms with Crippen LogP contribution in [0, 0.1) is 5.92 Å². The van der Waals surface area contributed by atoms with Crippen LogP contribution in [0.1, 0.15) is 39.5 Å². The van der Waals surface area contributed by atoms with Gasteiger partial charge in [0.1, 0.15) is 0 Å². The summed E-state index contributed by atoms with van der Waals surface area (Å²) in [4.78, 5) is 2.49. The van der Waals surface area contributed by atoms with Crippen LogP contribution in [0.15, 0.2) is 0 Å². The summed E-state index contributed by atoms with van der Waals surface area (Å²) < 4.78 is 5.86. The average Bonchev–Trinajstić information content (AvgIpc) is 2.91. The summed E-state index contributed by atoms with van der Waals surface area (Å²) in [5.41, 5.74) is 0. The van der Waals surface area contributed by atoms with E-state index in [4.69, 9.17) is 4.74 Å². The SMILES string of the molecule is CC(C)C1CC(N(CCO)CC2CCCN2)CCO1. The van der Waals surface area contributed by atoms with Gasteiger partial charge in [-0.05, 0) is 38.1 Å². The van der Waals surface area contributed by atoms with Crippen molar-refractivity contribution in [1.82, 2.24) is 10.2 Å². The highest BCUT2D eigenvalue weighted by Gasteiger charge is 2.30. The quantitative estimate of drug-likeness (QED) is 0.762. The van der Waals surface area contributed by atoms with Gasteiger partial charge in [0.15, 0.2) is 0 Å². The molecule has 2 aliphatic rings. The summed E-state index contributed by atoms with van der Waals surface area (Å²) in [5, 5.41) is 12.9. The molecule has 2 saturated heterocycles. The molecular weight excluding hydrogens is 240 g/mol. The number of ether oxygens (including phenoxy) is 1. The Morgan fingerprint density at radius 3 is 2.84 bits per heavy atom. The van der Waals surface area contributed by atoms with E-state index < -0.39 is 0 Å². The summed E-state index contributed by atoms with van der Waals surface area (Å²) in [6.07, 6.45) is 5.18. The molecule has 0 amide bonds. The van der Waals surface area contributed by atoms with Crippen molar-refractivity contribution >= 4 is 0 Å². The third-order valence-corrected chi connectivity index (χ3v) is 4.55. The Labute approximate surface area is 117 Å². The molecular formula is C15H30N2O2. The Bertz CT molecular complexity index is 255. The molecule has 3 atom stereocenters. The van der Waals surface area contributed by atoms with Gasteiger partial charge in [0.2, 0.25) is 0 Å². The Morgan fingerprint density at radius 1 is 1.37 bits per heavy atom. The monoisotopic (exact) mass is 270 g/mol. The summed E-state index contributed by atoms with van der Waals surface area (Å²) in [7, 11) is 0. The lowest BCUT2D eigenvalue weighted by Crippen LogP contribution is -2.49. The molecule has 112 valence electrons. The third kappa shape index (κ3) is 4.42. The summed E-state index contributed by atoms with van der Waals surface area (Å²) in [5.74, 6) is 0.586. The maximum Gasteiger partial charge on any atom is 0.0612 e. The largest absolute Gasteiger partial charge is 0.395 e. The van der Waals surface area contributed by atoms with Gasteiger partial charge in [-0.2, -0.15) is 0 Å². The second-order valence-corrected chi connectivity index (χ2v) is 6.34. The van der Waals surface area contributed by atoms with Crippen molar-refractivity contribution in [3.05, 3.63) is 0 Å². The number of nitrogens with one attached hydrogen (secondary N) is 1. The molecule has 0 radical (unpaired) electrons. The van der Waals surface area contributed by atoms with Crippen LogP contribution >= 0.6 is 0 Å². The standard InChI is InChI=1S/C15H30N2O2/c1-12(2)15-10-14(5-9-19-15)17(7-8-18)11-13-4-3-6-16-13/h12-16,18H,3-11H2,1-2H3. The van der Waals surface area contributed by atoms with E-state index in [0.717, 1.165) is 39.1 Å². The molecule has 4 nitrogen and oxygen atoms in total. The highest BCUT2D eigenvalue weighted by atomic mass is 16.5. The second kappa shape index (κ2) is 7.58. The molecule has 19 heavy (non-hydrogen) atoms. The molecule has 2 rings (SSSR count). The highest BCUT2D eigenvalue weighted by Crippen LogP contribution is 2.24. The van der Waals surface area contributed by atoms with Crippen LogP contribution in [0.4, 0.5) is 0 Å². The van der Waals surface area contributed by atoms with Gasteiger partial charge in [0.25, 0.3) is 0 Å². The van der Waals surface area contributed by atoms with E-state index in [-0.39, 0.29) is 6.61 Å². The Morgan fingerprint density at radius 2 is 2.21 bits per heavy atom. The molecule has 3 unspecified atom stereocenters. The van der Waals surface area contributed by atoms with Crippen molar-refractivity contribution in [3.8, 4) is 0 Å². The first-order chi connectivity index (χ1) is 9.20. The smallest absolute Gasteiger partial charge is 0.0612 e. The molecule has 0 bridgehead atoms. The minimum Gasteiger partial charge on any atom is -0.395 e. The van der Waals surface area contributed by atoms with Crippen LogP contribution in [0.25, 0.3) is 0 Å². The molecule has 4 heteroatoms. The third-order valence-electron chi connectivity index (χ3n) is 4.55. The summed E-state index contributed by atoms with van der Waals surface area (Å²) in [6.45, 7) is 8.64. The number of aliphatic hydroxyl groups is 1. The van der Waals surface area contributed by atoms with E-state index in [0.29, 0.717) is 24.1 Å². The van der Waals surface area contributed by atoms with E-state index in [9.17, 15) is 5.11 Å². The van der Waals surface area contributed by atoms with E-state index >= 15 is 0 Å². The lowest BCUT2D eigenvalue weighted by Gasteiger charge is -2.39. The molecule has 0 aromatic rings. The highest BCUT2D eigenvalue weighted by molar-refractivity contribution is 4.85. The Kier molecular flexibility index (Phi) is 6.07. The van der Waals surface area contributed by atoms with Gasteiger partial charge >= 0.3 is 0 Å². The maximum atomic E-state index is 9.32. The molecule has 2 aliphatic heterocycles. The van der Waals surface area contributed by atoms with Gasteiger partial charge in [0, 0.05) is 31.8 Å². The van der Waals surface area contributed by atoms with Crippen LogP contribution in [0.2, 0.25) is 0 Å². The summed E-state index contributed by atoms with van der Waals surface area (Å²) >= 11 is 0. The number of rotatable bonds is 6. The minimum absolute atomic E-state index is 0.260. The molecule has 2 fully saturated rings. The lowest BCUT2D eigenvalue weighted by molar-refractivity contribution is -0.0514. The first-order valence-electron chi connectivity index (χ1n) is 7.90. The van der Waals surface area contributed by atoms with Crippen LogP contribution in [-0.4, -0.2) is 61.0 Å². The van der Waals surface area contributed by atoms with E-state index in [1.807, 2.05) is 0 Å². The van der Waals surface area contributed by atoms with Crippen molar-refractivity contribution in [3.63, 3.8) is 0 Å². The first kappa shape index (κ1) is 15.2. The molecule has 0 spiro atoms. The first-order valence-corrected chi connectivity index (χ1v) is 7.90. The molecule has 0 saturated carbocycles. The predicted octanol–water partition coefficient (Wildman–Crippen LogP) is 1.24. The molecule has 0 aromatic heterocycles. The van der Waals surface area contributed by atoms with Gasteiger partial charge < -0.3 is 15.2 Å². The number of hydrogen-bond donors (Lipinski definition) is 2. The fraction of sp³-hybridized carbons (Fsp3) is 1.00. The maximum absolute atomic E-state index is 9.32. The minimum atomic E-state index is 0.260. The topological polar surface area (TPSA) is 44.7 Å². The molecule has 0 aliphatic carbocycles. The Balaban J connectivity index is 1.89. The zero-order chi connectivity index (χ0) is 13.7. The molecule has 2 heterocycles. The van der Waals surface area contributed by atoms with Crippen molar-refractivity contribution in [2.45, 2.75) is 57.7 Å². The number of nitrogens with zero attached hydrogens (tertiary/aromatic N) is 1. The zero-order valence-corrected chi connectivity index (χ0v) is 12.5. The van der Waals surface area contributed by atoms with E-state index in [1.165, 1.54) is 12.8 Å². The van der Waals surface area contributed by atoms with Crippen molar-refractivity contribution in [1.29, 1.82) is 0 Å². The van der Waals surface area contributed by atoms with Crippen molar-refractivity contribution in [2.75, 3.05) is 32.8 Å².